The minimum Gasteiger partial charge on any atom is -0.392 e. The summed E-state index contributed by atoms with van der Waals surface area (Å²) in [5, 5.41) is 14.7. The summed E-state index contributed by atoms with van der Waals surface area (Å²) >= 11 is 1.75. The average Bonchev–Trinajstić information content (AvgIpc) is 2.66. The molecule has 0 aliphatic heterocycles. The number of nitrogens with one attached hydrogen (secondary N) is 1. The van der Waals surface area contributed by atoms with Crippen molar-refractivity contribution < 1.29 is 5.11 Å². The smallest absolute Gasteiger partial charge is 0.0662 e. The van der Waals surface area contributed by atoms with Crippen molar-refractivity contribution >= 4 is 11.3 Å². The van der Waals surface area contributed by atoms with Crippen LogP contribution in [0.1, 0.15) is 31.2 Å². The Morgan fingerprint density at radius 3 is 2.92 bits per heavy atom. The fourth-order valence-electron chi connectivity index (χ4n) is 1.10. The van der Waals surface area contributed by atoms with Gasteiger partial charge in [-0.05, 0) is 24.8 Å². The van der Waals surface area contributed by atoms with Gasteiger partial charge in [0, 0.05) is 17.5 Å². The van der Waals surface area contributed by atoms with Gasteiger partial charge in [0.05, 0.1) is 6.10 Å². The van der Waals surface area contributed by atoms with Crippen LogP contribution >= 0.6 is 11.3 Å². The van der Waals surface area contributed by atoms with Gasteiger partial charge in [0.15, 0.2) is 0 Å². The quantitative estimate of drug-likeness (QED) is 0.761. The lowest BCUT2D eigenvalue weighted by Crippen LogP contribution is -2.28. The highest BCUT2D eigenvalue weighted by Crippen LogP contribution is 2.17. The van der Waals surface area contributed by atoms with Crippen molar-refractivity contribution in [1.29, 1.82) is 0 Å². The van der Waals surface area contributed by atoms with Crippen molar-refractivity contribution in [3.8, 4) is 0 Å². The van der Waals surface area contributed by atoms with Gasteiger partial charge in [-0.15, -0.1) is 11.3 Å². The predicted octanol–water partition coefficient (Wildman–Crippen LogP) is 2.17. The lowest BCUT2D eigenvalue weighted by molar-refractivity contribution is 0.164. The molecule has 0 saturated carbocycles. The third-order valence-electron chi connectivity index (χ3n) is 2.10. The van der Waals surface area contributed by atoms with Crippen LogP contribution in [0.25, 0.3) is 0 Å². The highest BCUT2D eigenvalue weighted by atomic mass is 32.1. The average molecular weight is 199 g/mol. The van der Waals surface area contributed by atoms with Crippen LogP contribution in [-0.4, -0.2) is 17.8 Å². The second kappa shape index (κ2) is 5.37. The molecular weight excluding hydrogens is 182 g/mol. The van der Waals surface area contributed by atoms with E-state index < -0.39 is 0 Å². The van der Waals surface area contributed by atoms with Crippen molar-refractivity contribution in [3.63, 3.8) is 0 Å². The Balaban J connectivity index is 2.30. The highest BCUT2D eigenvalue weighted by Gasteiger charge is 2.07. The van der Waals surface area contributed by atoms with E-state index in [1.807, 2.05) is 6.92 Å². The molecule has 0 aromatic carbocycles. The molecule has 0 bridgehead atoms. The fourth-order valence-corrected chi connectivity index (χ4v) is 1.85. The van der Waals surface area contributed by atoms with E-state index in [2.05, 4.69) is 29.8 Å². The first-order chi connectivity index (χ1) is 6.24. The summed E-state index contributed by atoms with van der Waals surface area (Å²) in [5.41, 5.74) is 0. The van der Waals surface area contributed by atoms with E-state index in [4.69, 9.17) is 0 Å². The summed E-state index contributed by atoms with van der Waals surface area (Å²) in [7, 11) is 0. The summed E-state index contributed by atoms with van der Waals surface area (Å²) < 4.78 is 0. The van der Waals surface area contributed by atoms with Gasteiger partial charge < -0.3 is 10.4 Å². The first-order valence-corrected chi connectivity index (χ1v) is 5.56. The number of thiophene rings is 1. The van der Waals surface area contributed by atoms with Gasteiger partial charge in [-0.2, -0.15) is 0 Å². The van der Waals surface area contributed by atoms with E-state index in [0.29, 0.717) is 12.6 Å². The molecule has 2 N–H and O–H groups in total. The van der Waals surface area contributed by atoms with Crippen LogP contribution in [0.3, 0.4) is 0 Å². The molecule has 1 heterocycles. The zero-order valence-electron chi connectivity index (χ0n) is 8.16. The molecule has 1 aromatic rings. The van der Waals surface area contributed by atoms with Gasteiger partial charge in [0.2, 0.25) is 0 Å². The molecule has 0 fully saturated rings. The normalized spacial score (nSPS) is 15.6. The predicted molar refractivity (Wildman–Crippen MR) is 57.0 cm³/mol. The first kappa shape index (κ1) is 10.7. The van der Waals surface area contributed by atoms with Gasteiger partial charge in [-0.25, -0.2) is 0 Å². The minimum absolute atomic E-state index is 0.220. The molecule has 0 amide bonds. The maximum absolute atomic E-state index is 9.35. The first-order valence-electron chi connectivity index (χ1n) is 4.69. The fraction of sp³-hybridized carbons (Fsp3) is 0.600. The molecule has 1 rings (SSSR count). The van der Waals surface area contributed by atoms with E-state index in [1.54, 1.807) is 11.3 Å². The van der Waals surface area contributed by atoms with Crippen LogP contribution in [0.2, 0.25) is 0 Å². The molecule has 0 spiro atoms. The maximum atomic E-state index is 9.35. The molecule has 1 aromatic heterocycles. The van der Waals surface area contributed by atoms with E-state index in [1.165, 1.54) is 4.88 Å². The zero-order chi connectivity index (χ0) is 9.68. The van der Waals surface area contributed by atoms with Crippen molar-refractivity contribution in [2.24, 2.45) is 0 Å². The van der Waals surface area contributed by atoms with E-state index in [-0.39, 0.29) is 6.10 Å². The van der Waals surface area contributed by atoms with Crippen molar-refractivity contribution in [1.82, 2.24) is 5.32 Å². The van der Waals surface area contributed by atoms with Crippen molar-refractivity contribution in [2.45, 2.75) is 32.4 Å². The second-order valence-electron chi connectivity index (χ2n) is 3.21. The van der Waals surface area contributed by atoms with Gasteiger partial charge >= 0.3 is 0 Å². The lowest BCUT2D eigenvalue weighted by Gasteiger charge is -2.14. The summed E-state index contributed by atoms with van der Waals surface area (Å²) in [5.74, 6) is 0. The molecule has 0 aliphatic carbocycles. The molecular formula is C10H17NOS. The van der Waals surface area contributed by atoms with Gasteiger partial charge in [-0.3, -0.25) is 0 Å². The van der Waals surface area contributed by atoms with E-state index in [0.717, 1.165) is 6.42 Å². The van der Waals surface area contributed by atoms with Crippen LogP contribution in [0.15, 0.2) is 17.5 Å². The third-order valence-corrected chi connectivity index (χ3v) is 3.16. The standard InChI is InChI=1S/C10H17NOS/c1-3-9(12)7-11-8(2)10-5-4-6-13-10/h4-6,8-9,11-12H,3,7H2,1-2H3/t8-,9?/m0/s1. The molecule has 2 atom stereocenters. The number of aliphatic hydroxyl groups excluding tert-OH is 1. The summed E-state index contributed by atoms with van der Waals surface area (Å²) in [6.45, 7) is 4.78. The largest absolute Gasteiger partial charge is 0.392 e. The van der Waals surface area contributed by atoms with Crippen LogP contribution < -0.4 is 5.32 Å². The third kappa shape index (κ3) is 3.46. The Morgan fingerprint density at radius 2 is 2.38 bits per heavy atom. The summed E-state index contributed by atoms with van der Waals surface area (Å²) in [6, 6.07) is 4.51. The number of rotatable bonds is 5. The Labute approximate surface area is 83.6 Å². The SMILES string of the molecule is CCC(O)CN[C@@H](C)c1cccs1. The molecule has 3 heteroatoms. The van der Waals surface area contributed by atoms with Crippen LogP contribution in [0, 0.1) is 0 Å². The van der Waals surface area contributed by atoms with Gasteiger partial charge in [-0.1, -0.05) is 13.0 Å². The number of aliphatic hydroxyl groups is 1. The van der Waals surface area contributed by atoms with Crippen molar-refractivity contribution in [2.75, 3.05) is 6.54 Å². The molecule has 0 radical (unpaired) electrons. The Hall–Kier alpha value is -0.380. The van der Waals surface area contributed by atoms with Crippen molar-refractivity contribution in [3.05, 3.63) is 22.4 Å². The molecule has 2 nitrogen and oxygen atoms in total. The van der Waals surface area contributed by atoms with E-state index >= 15 is 0 Å². The number of hydrogen-bond acceptors (Lipinski definition) is 3. The molecule has 1 unspecified atom stereocenters. The Morgan fingerprint density at radius 1 is 1.62 bits per heavy atom. The highest BCUT2D eigenvalue weighted by molar-refractivity contribution is 7.10. The Kier molecular flexibility index (Phi) is 4.42. The monoisotopic (exact) mass is 199 g/mol. The maximum Gasteiger partial charge on any atom is 0.0662 e. The summed E-state index contributed by atoms with van der Waals surface area (Å²) in [6.07, 6.45) is 0.590. The van der Waals surface area contributed by atoms with Crippen LogP contribution in [0.4, 0.5) is 0 Å². The topological polar surface area (TPSA) is 32.3 Å². The van der Waals surface area contributed by atoms with Gasteiger partial charge in [0.1, 0.15) is 0 Å². The molecule has 74 valence electrons. The van der Waals surface area contributed by atoms with Crippen LogP contribution in [0.5, 0.6) is 0 Å². The molecule has 0 aliphatic rings. The Bertz CT molecular complexity index is 223. The second-order valence-corrected chi connectivity index (χ2v) is 4.19. The lowest BCUT2D eigenvalue weighted by atomic mass is 10.2. The molecule has 13 heavy (non-hydrogen) atoms. The zero-order valence-corrected chi connectivity index (χ0v) is 8.97. The minimum atomic E-state index is -0.220. The van der Waals surface area contributed by atoms with Crippen LogP contribution in [-0.2, 0) is 0 Å². The molecule has 0 saturated heterocycles. The number of hydrogen-bond donors (Lipinski definition) is 2. The van der Waals surface area contributed by atoms with E-state index in [9.17, 15) is 5.11 Å². The summed E-state index contributed by atoms with van der Waals surface area (Å²) in [4.78, 5) is 1.32. The van der Waals surface area contributed by atoms with Gasteiger partial charge in [0.25, 0.3) is 0 Å².